The highest BCUT2D eigenvalue weighted by Crippen LogP contribution is 2.31. The summed E-state index contributed by atoms with van der Waals surface area (Å²) >= 11 is 6.18. The monoisotopic (exact) mass is 322 g/mol. The Morgan fingerprint density at radius 1 is 1.41 bits per heavy atom. The number of hydrogen-bond acceptors (Lipinski definition) is 4. The molecule has 0 aliphatic carbocycles. The van der Waals surface area contributed by atoms with E-state index in [-0.39, 0.29) is 12.5 Å². The first-order chi connectivity index (χ1) is 10.2. The maximum absolute atomic E-state index is 12.7. The summed E-state index contributed by atoms with van der Waals surface area (Å²) in [6.45, 7) is 5.16. The van der Waals surface area contributed by atoms with Crippen molar-refractivity contribution in [3.05, 3.63) is 40.6 Å². The van der Waals surface area contributed by atoms with Gasteiger partial charge in [0, 0.05) is 19.2 Å². The van der Waals surface area contributed by atoms with E-state index in [1.165, 1.54) is 4.90 Å². The number of hydrogen-bond donors (Lipinski definition) is 1. The Morgan fingerprint density at radius 2 is 2.05 bits per heavy atom. The fraction of sp³-hybridized carbons (Fsp3) is 0.375. The Hall–Kier alpha value is -1.85. The number of carbonyl (C=O) groups excluding carboxylic acids is 1. The van der Waals surface area contributed by atoms with Crippen molar-refractivity contribution in [3.63, 3.8) is 0 Å². The summed E-state index contributed by atoms with van der Waals surface area (Å²) in [5.41, 5.74) is 0.427. The minimum absolute atomic E-state index is 0.193. The van der Waals surface area contributed by atoms with Crippen LogP contribution in [0.5, 0.6) is 0 Å². The molecule has 22 heavy (non-hydrogen) atoms. The van der Waals surface area contributed by atoms with E-state index < -0.39 is 5.60 Å². The number of aliphatic hydroxyl groups is 1. The van der Waals surface area contributed by atoms with Gasteiger partial charge in [-0.1, -0.05) is 35.0 Å². The summed E-state index contributed by atoms with van der Waals surface area (Å²) in [4.78, 5) is 14.1. The SMILES string of the molecule is Cc1onc(-c2ccccc2Cl)c1C(=O)N(C)CC(C)(C)O. The van der Waals surface area contributed by atoms with Crippen molar-refractivity contribution in [1.29, 1.82) is 0 Å². The molecule has 0 saturated carbocycles. The molecule has 5 nitrogen and oxygen atoms in total. The standard InChI is InChI=1S/C16H19ClN2O3/c1-10-13(15(20)19(4)9-16(2,3)21)14(18-22-10)11-7-5-6-8-12(11)17/h5-8,21H,9H2,1-4H3. The lowest BCUT2D eigenvalue weighted by molar-refractivity contribution is 0.0367. The number of halogens is 1. The molecule has 2 rings (SSSR count). The van der Waals surface area contributed by atoms with Crippen LogP contribution in [0, 0.1) is 6.92 Å². The van der Waals surface area contributed by atoms with E-state index >= 15 is 0 Å². The van der Waals surface area contributed by atoms with Crippen LogP contribution < -0.4 is 0 Å². The van der Waals surface area contributed by atoms with E-state index in [4.69, 9.17) is 16.1 Å². The van der Waals surface area contributed by atoms with Gasteiger partial charge in [-0.05, 0) is 26.8 Å². The first-order valence-corrected chi connectivity index (χ1v) is 7.27. The van der Waals surface area contributed by atoms with Crippen LogP contribution in [0.25, 0.3) is 11.3 Å². The van der Waals surface area contributed by atoms with Crippen molar-refractivity contribution in [1.82, 2.24) is 10.1 Å². The van der Waals surface area contributed by atoms with Crippen LogP contribution >= 0.6 is 11.6 Å². The smallest absolute Gasteiger partial charge is 0.259 e. The van der Waals surface area contributed by atoms with Crippen molar-refractivity contribution in [2.24, 2.45) is 0 Å². The van der Waals surface area contributed by atoms with Crippen molar-refractivity contribution >= 4 is 17.5 Å². The fourth-order valence-corrected chi connectivity index (χ4v) is 2.53. The predicted molar refractivity (Wildman–Crippen MR) is 84.9 cm³/mol. The fourth-order valence-electron chi connectivity index (χ4n) is 2.30. The minimum atomic E-state index is -0.986. The molecule has 0 unspecified atom stereocenters. The second kappa shape index (κ2) is 6.10. The number of nitrogens with zero attached hydrogens (tertiary/aromatic N) is 2. The van der Waals surface area contributed by atoms with E-state index in [0.29, 0.717) is 27.6 Å². The lowest BCUT2D eigenvalue weighted by atomic mass is 10.0. The van der Waals surface area contributed by atoms with Gasteiger partial charge in [-0.2, -0.15) is 0 Å². The topological polar surface area (TPSA) is 66.6 Å². The number of rotatable bonds is 4. The molecule has 0 spiro atoms. The molecule has 0 aliphatic rings. The Labute approximate surface area is 134 Å². The number of aryl methyl sites for hydroxylation is 1. The molecule has 6 heteroatoms. The predicted octanol–water partition coefficient (Wildman–Crippen LogP) is 3.15. The van der Waals surface area contributed by atoms with Gasteiger partial charge in [-0.25, -0.2) is 0 Å². The zero-order valence-corrected chi connectivity index (χ0v) is 13.8. The zero-order valence-electron chi connectivity index (χ0n) is 13.1. The lowest BCUT2D eigenvalue weighted by Crippen LogP contribution is -2.39. The van der Waals surface area contributed by atoms with Gasteiger partial charge in [0.05, 0.1) is 10.6 Å². The Bertz CT molecular complexity index is 689. The third kappa shape index (κ3) is 3.48. The molecule has 1 heterocycles. The average molecular weight is 323 g/mol. The highest BCUT2D eigenvalue weighted by atomic mass is 35.5. The van der Waals surface area contributed by atoms with Crippen LogP contribution in [0.4, 0.5) is 0 Å². The van der Waals surface area contributed by atoms with Gasteiger partial charge in [-0.15, -0.1) is 0 Å². The van der Waals surface area contributed by atoms with Gasteiger partial charge >= 0.3 is 0 Å². The number of carbonyl (C=O) groups is 1. The van der Waals surface area contributed by atoms with Gasteiger partial charge in [0.15, 0.2) is 0 Å². The second-order valence-electron chi connectivity index (χ2n) is 5.92. The Balaban J connectivity index is 2.43. The minimum Gasteiger partial charge on any atom is -0.389 e. The van der Waals surface area contributed by atoms with Gasteiger partial charge in [0.25, 0.3) is 5.91 Å². The van der Waals surface area contributed by atoms with Gasteiger partial charge in [-0.3, -0.25) is 4.79 Å². The molecular formula is C16H19ClN2O3. The molecule has 0 fully saturated rings. The molecule has 0 aliphatic heterocycles. The van der Waals surface area contributed by atoms with Gasteiger partial charge in [0.1, 0.15) is 17.0 Å². The van der Waals surface area contributed by atoms with Crippen LogP contribution in [0.3, 0.4) is 0 Å². The molecule has 2 aromatic rings. The summed E-state index contributed by atoms with van der Waals surface area (Å²) in [5.74, 6) is 0.151. The quantitative estimate of drug-likeness (QED) is 0.939. The van der Waals surface area contributed by atoms with Gasteiger partial charge in [0.2, 0.25) is 0 Å². The molecule has 0 saturated heterocycles. The maximum Gasteiger partial charge on any atom is 0.259 e. The molecule has 1 aromatic carbocycles. The van der Waals surface area contributed by atoms with E-state index in [1.54, 1.807) is 46.0 Å². The normalized spacial score (nSPS) is 11.5. The third-order valence-corrected chi connectivity index (χ3v) is 3.51. The van der Waals surface area contributed by atoms with E-state index in [1.807, 2.05) is 6.07 Å². The Kier molecular flexibility index (Phi) is 4.58. The Morgan fingerprint density at radius 3 is 2.64 bits per heavy atom. The van der Waals surface area contributed by atoms with E-state index in [9.17, 15) is 9.90 Å². The molecular weight excluding hydrogens is 304 g/mol. The van der Waals surface area contributed by atoms with Crippen molar-refractivity contribution in [3.8, 4) is 11.3 Å². The van der Waals surface area contributed by atoms with Crippen LogP contribution in [0.2, 0.25) is 5.02 Å². The number of amides is 1. The van der Waals surface area contributed by atoms with Crippen LogP contribution in [-0.4, -0.2) is 40.3 Å². The highest BCUT2D eigenvalue weighted by Gasteiger charge is 2.27. The highest BCUT2D eigenvalue weighted by molar-refractivity contribution is 6.33. The molecule has 1 N–H and O–H groups in total. The van der Waals surface area contributed by atoms with Gasteiger partial charge < -0.3 is 14.5 Å². The molecule has 0 radical (unpaired) electrons. The summed E-state index contributed by atoms with van der Waals surface area (Å²) in [7, 11) is 1.63. The van der Waals surface area contributed by atoms with Crippen molar-refractivity contribution in [2.75, 3.05) is 13.6 Å². The zero-order chi connectivity index (χ0) is 16.5. The van der Waals surface area contributed by atoms with E-state index in [0.717, 1.165) is 0 Å². The molecule has 1 amide bonds. The second-order valence-corrected chi connectivity index (χ2v) is 6.32. The summed E-state index contributed by atoms with van der Waals surface area (Å²) in [6, 6.07) is 7.14. The van der Waals surface area contributed by atoms with Crippen molar-refractivity contribution in [2.45, 2.75) is 26.4 Å². The average Bonchev–Trinajstić information content (AvgIpc) is 2.78. The number of likely N-dealkylation sites (N-methyl/N-ethyl adjacent to an activating group) is 1. The third-order valence-electron chi connectivity index (χ3n) is 3.18. The summed E-state index contributed by atoms with van der Waals surface area (Å²) in [5, 5.41) is 14.4. The number of benzene rings is 1. The first-order valence-electron chi connectivity index (χ1n) is 6.89. The summed E-state index contributed by atoms with van der Waals surface area (Å²) < 4.78 is 5.19. The molecule has 1 aromatic heterocycles. The molecule has 0 bridgehead atoms. The van der Waals surface area contributed by atoms with Crippen LogP contribution in [0.1, 0.15) is 30.0 Å². The van der Waals surface area contributed by atoms with Crippen molar-refractivity contribution < 1.29 is 14.4 Å². The summed E-state index contributed by atoms with van der Waals surface area (Å²) in [6.07, 6.45) is 0. The number of aromatic nitrogens is 1. The largest absolute Gasteiger partial charge is 0.389 e. The lowest BCUT2D eigenvalue weighted by Gasteiger charge is -2.25. The molecule has 0 atom stereocenters. The van der Waals surface area contributed by atoms with Crippen LogP contribution in [0.15, 0.2) is 28.8 Å². The van der Waals surface area contributed by atoms with Crippen LogP contribution in [-0.2, 0) is 0 Å². The maximum atomic E-state index is 12.7. The van der Waals surface area contributed by atoms with E-state index in [2.05, 4.69) is 5.16 Å². The molecule has 118 valence electrons. The first kappa shape index (κ1) is 16.5.